The summed E-state index contributed by atoms with van der Waals surface area (Å²) in [6, 6.07) is 19.8. The number of halogens is 3. The molecular formula is C31H28F3N3O4. The van der Waals surface area contributed by atoms with Crippen molar-refractivity contribution in [1.82, 2.24) is 5.16 Å². The number of amides is 1. The van der Waals surface area contributed by atoms with Crippen LogP contribution in [0.3, 0.4) is 0 Å². The molecule has 41 heavy (non-hydrogen) atoms. The Bertz CT molecular complexity index is 1690. The van der Waals surface area contributed by atoms with Crippen molar-refractivity contribution in [1.29, 1.82) is 0 Å². The number of hydrogen-bond acceptors (Lipinski definition) is 6. The van der Waals surface area contributed by atoms with Crippen molar-refractivity contribution >= 4 is 28.1 Å². The molecule has 0 bridgehead atoms. The van der Waals surface area contributed by atoms with Crippen LogP contribution in [0.2, 0.25) is 0 Å². The zero-order valence-electron chi connectivity index (χ0n) is 22.8. The van der Waals surface area contributed by atoms with E-state index in [0.29, 0.717) is 5.56 Å². The van der Waals surface area contributed by atoms with Crippen molar-refractivity contribution in [2.24, 2.45) is 0 Å². The maximum Gasteiger partial charge on any atom is 0.437 e. The van der Waals surface area contributed by atoms with Gasteiger partial charge >= 0.3 is 11.8 Å². The summed E-state index contributed by atoms with van der Waals surface area (Å²) in [5.74, 6) is 4.64. The molecule has 0 aliphatic rings. The van der Waals surface area contributed by atoms with Crippen LogP contribution in [0, 0.1) is 11.8 Å². The second-order valence-electron chi connectivity index (χ2n) is 10.5. The Balaban J connectivity index is 1.74. The van der Waals surface area contributed by atoms with E-state index in [9.17, 15) is 27.9 Å². The Kier molecular flexibility index (Phi) is 7.95. The quantitative estimate of drug-likeness (QED) is 0.307. The van der Waals surface area contributed by atoms with Crippen molar-refractivity contribution < 1.29 is 27.6 Å². The van der Waals surface area contributed by atoms with Gasteiger partial charge in [0.2, 0.25) is 5.60 Å². The fourth-order valence-electron chi connectivity index (χ4n) is 4.45. The van der Waals surface area contributed by atoms with Gasteiger partial charge in [-0.2, -0.15) is 13.2 Å². The minimum Gasteiger partial charge on any atom is -0.378 e. The lowest BCUT2D eigenvalue weighted by Crippen LogP contribution is -2.46. The molecule has 4 rings (SSSR count). The molecule has 2 N–H and O–H groups in total. The average molecular weight is 564 g/mol. The standard InChI is InChI=1S/C31H28F3N3O4/c1-29(2,21-8-6-5-7-9-21)19-30(40,17-16-20-10-13-23(14-11-20)37(3)4)28(39)35-22-12-15-24-25(18-22)26(31(32,33)34)36-41-27(24)38/h5-15,18,40H,19H2,1-4H3,(H,35,39). The topological polar surface area (TPSA) is 95.7 Å². The van der Waals surface area contributed by atoms with Gasteiger partial charge in [0.25, 0.3) is 5.91 Å². The third-order valence-corrected chi connectivity index (χ3v) is 6.67. The van der Waals surface area contributed by atoms with Crippen LogP contribution in [-0.4, -0.2) is 35.9 Å². The molecule has 0 spiro atoms. The fourth-order valence-corrected chi connectivity index (χ4v) is 4.45. The molecule has 212 valence electrons. The number of fused-ring (bicyclic) bond motifs is 1. The highest BCUT2D eigenvalue weighted by molar-refractivity contribution is 6.01. The summed E-state index contributed by atoms with van der Waals surface area (Å²) in [5, 5.41) is 16.2. The van der Waals surface area contributed by atoms with Crippen molar-refractivity contribution in [3.05, 3.63) is 100 Å². The number of hydrogen-bond donors (Lipinski definition) is 2. The number of rotatable bonds is 6. The van der Waals surface area contributed by atoms with Crippen LogP contribution in [-0.2, 0) is 16.4 Å². The van der Waals surface area contributed by atoms with Crippen LogP contribution in [0.5, 0.6) is 0 Å². The number of aromatic nitrogens is 1. The van der Waals surface area contributed by atoms with Crippen molar-refractivity contribution in [3.63, 3.8) is 0 Å². The van der Waals surface area contributed by atoms with Gasteiger partial charge in [-0.1, -0.05) is 61.2 Å². The lowest BCUT2D eigenvalue weighted by atomic mass is 9.75. The Morgan fingerprint density at radius 2 is 1.66 bits per heavy atom. The average Bonchev–Trinajstić information content (AvgIpc) is 2.92. The molecule has 3 aromatic carbocycles. The highest BCUT2D eigenvalue weighted by Gasteiger charge is 2.41. The molecule has 1 atom stereocenters. The number of anilines is 2. The second-order valence-corrected chi connectivity index (χ2v) is 10.5. The number of alkyl halides is 3. The number of carbonyl (C=O) groups excluding carboxylic acids is 1. The molecular weight excluding hydrogens is 535 g/mol. The van der Waals surface area contributed by atoms with E-state index < -0.39 is 39.8 Å². The Hall–Kier alpha value is -4.62. The molecule has 10 heteroatoms. The van der Waals surface area contributed by atoms with Crippen LogP contribution >= 0.6 is 0 Å². The molecule has 0 saturated carbocycles. The van der Waals surface area contributed by atoms with E-state index in [-0.39, 0.29) is 17.5 Å². The summed E-state index contributed by atoms with van der Waals surface area (Å²) < 4.78 is 44.9. The number of aliphatic hydroxyl groups is 1. The largest absolute Gasteiger partial charge is 0.437 e. The van der Waals surface area contributed by atoms with E-state index in [2.05, 4.69) is 26.8 Å². The monoisotopic (exact) mass is 563 g/mol. The third-order valence-electron chi connectivity index (χ3n) is 6.67. The Morgan fingerprint density at radius 3 is 2.27 bits per heavy atom. The second kappa shape index (κ2) is 11.1. The minimum absolute atomic E-state index is 0.0894. The molecule has 1 aromatic heterocycles. The molecule has 0 saturated heterocycles. The molecule has 0 fully saturated rings. The molecule has 1 heterocycles. The summed E-state index contributed by atoms with van der Waals surface area (Å²) in [6.07, 6.45) is -5.04. The van der Waals surface area contributed by atoms with E-state index in [1.807, 2.05) is 75.3 Å². The number of benzene rings is 3. The summed E-state index contributed by atoms with van der Waals surface area (Å²) in [5.41, 5.74) is -3.20. The van der Waals surface area contributed by atoms with Crippen LogP contribution in [0.1, 0.15) is 37.1 Å². The van der Waals surface area contributed by atoms with Gasteiger partial charge in [0, 0.05) is 42.8 Å². The summed E-state index contributed by atoms with van der Waals surface area (Å²) >= 11 is 0. The molecule has 1 amide bonds. The van der Waals surface area contributed by atoms with Crippen molar-refractivity contribution in [2.45, 2.75) is 37.5 Å². The van der Waals surface area contributed by atoms with Gasteiger partial charge in [0.05, 0.1) is 5.39 Å². The highest BCUT2D eigenvalue weighted by atomic mass is 19.4. The van der Waals surface area contributed by atoms with Crippen molar-refractivity contribution in [3.8, 4) is 11.8 Å². The first-order valence-corrected chi connectivity index (χ1v) is 12.6. The predicted octanol–water partition coefficient (Wildman–Crippen LogP) is 5.36. The molecule has 0 radical (unpaired) electrons. The first kappa shape index (κ1) is 29.4. The van der Waals surface area contributed by atoms with Gasteiger partial charge in [0.15, 0.2) is 5.69 Å². The van der Waals surface area contributed by atoms with Gasteiger partial charge in [-0.25, -0.2) is 4.79 Å². The molecule has 0 aliphatic carbocycles. The first-order chi connectivity index (χ1) is 19.2. The first-order valence-electron chi connectivity index (χ1n) is 12.6. The lowest BCUT2D eigenvalue weighted by molar-refractivity contribution is -0.142. The van der Waals surface area contributed by atoms with Gasteiger partial charge in [-0.05, 0) is 53.4 Å². The van der Waals surface area contributed by atoms with Gasteiger partial charge in [-0.15, -0.1) is 0 Å². The molecule has 4 aromatic rings. The zero-order chi connectivity index (χ0) is 30.0. The van der Waals surface area contributed by atoms with Gasteiger partial charge in [-0.3, -0.25) is 4.79 Å². The molecule has 0 aliphatic heterocycles. The summed E-state index contributed by atoms with van der Waals surface area (Å²) in [7, 11) is 3.78. The van der Waals surface area contributed by atoms with Gasteiger partial charge < -0.3 is 19.8 Å². The maximum absolute atomic E-state index is 13.6. The van der Waals surface area contributed by atoms with E-state index in [4.69, 9.17) is 0 Å². The van der Waals surface area contributed by atoms with E-state index in [0.717, 1.165) is 23.4 Å². The van der Waals surface area contributed by atoms with E-state index in [1.165, 1.54) is 6.07 Å². The molecule has 1 unspecified atom stereocenters. The normalized spacial score (nSPS) is 13.2. The maximum atomic E-state index is 13.6. The SMILES string of the molecule is CN(C)c1ccc(C#CC(O)(CC(C)(C)c2ccccc2)C(=O)Nc2ccc3c(=O)onc(C(F)(F)F)c3c2)cc1. The Morgan fingerprint density at radius 1 is 1.00 bits per heavy atom. The zero-order valence-corrected chi connectivity index (χ0v) is 22.8. The number of nitrogens with zero attached hydrogens (tertiary/aromatic N) is 2. The van der Waals surface area contributed by atoms with Crippen LogP contribution in [0.25, 0.3) is 10.8 Å². The number of carbonyl (C=O) groups is 1. The predicted molar refractivity (Wildman–Crippen MR) is 151 cm³/mol. The molecule has 7 nitrogen and oxygen atoms in total. The number of nitrogens with one attached hydrogen (secondary N) is 1. The van der Waals surface area contributed by atoms with Gasteiger partial charge in [0.1, 0.15) is 0 Å². The van der Waals surface area contributed by atoms with E-state index >= 15 is 0 Å². The van der Waals surface area contributed by atoms with Crippen LogP contribution < -0.4 is 15.8 Å². The van der Waals surface area contributed by atoms with E-state index in [1.54, 1.807) is 12.1 Å². The summed E-state index contributed by atoms with van der Waals surface area (Å²) in [6.45, 7) is 3.70. The van der Waals surface area contributed by atoms with Crippen LogP contribution in [0.15, 0.2) is 82.1 Å². The minimum atomic E-state index is -4.91. The van der Waals surface area contributed by atoms with Crippen LogP contribution in [0.4, 0.5) is 24.5 Å². The van der Waals surface area contributed by atoms with Crippen molar-refractivity contribution in [2.75, 3.05) is 24.3 Å². The smallest absolute Gasteiger partial charge is 0.378 e. The summed E-state index contributed by atoms with van der Waals surface area (Å²) in [4.78, 5) is 27.5. The Labute approximate surface area is 234 Å². The third kappa shape index (κ3) is 6.58. The highest BCUT2D eigenvalue weighted by Crippen LogP contribution is 2.35. The lowest BCUT2D eigenvalue weighted by Gasteiger charge is -2.32. The fraction of sp³-hybridized carbons (Fsp3) is 0.258.